The van der Waals surface area contributed by atoms with Crippen LogP contribution in [0.5, 0.6) is 0 Å². The third-order valence-corrected chi connectivity index (χ3v) is 17.7. The standard InChI is InChI=1S/C58H43N3S4/c1-4-59-47-17-11-35(53-9-7-27-62-53)29-41(47)43-31-37(13-19-49(43)59)55-23-25-57(64-55)39-15-21-51-45(33-39)46-34-40(16-22-52(46)61(51)6-3)58-26-24-56(65-58)38-14-20-50-44(32-38)42-30-36(54-10-8-28-63-54)12-18-48(42)60(50)5-2/h7-34H,4-6H2,1-3H3. The molecule has 7 heteroatoms. The van der Waals surface area contributed by atoms with Gasteiger partial charge in [-0.25, -0.2) is 0 Å². The van der Waals surface area contributed by atoms with E-state index in [1.54, 1.807) is 22.7 Å². The fourth-order valence-corrected chi connectivity index (χ4v) is 13.9. The molecule has 0 aliphatic rings. The van der Waals surface area contributed by atoms with E-state index in [4.69, 9.17) is 0 Å². The van der Waals surface area contributed by atoms with Gasteiger partial charge in [0.05, 0.1) is 0 Å². The Hall–Kier alpha value is -6.48. The molecule has 0 fully saturated rings. The molecule has 7 aromatic heterocycles. The third-order valence-electron chi connectivity index (χ3n) is 13.5. The molecule has 65 heavy (non-hydrogen) atoms. The molecular weight excluding hydrogens is 867 g/mol. The summed E-state index contributed by atoms with van der Waals surface area (Å²) in [6.45, 7) is 9.55. The highest BCUT2D eigenvalue weighted by Gasteiger charge is 2.18. The SMILES string of the molecule is CCn1c2ccc(-c3cccs3)cc2c2cc(-c3ccc(-c4ccc5c(c4)c4cc(-c6ccc(-c7ccc8c(c7)c7cc(-c9cccs9)ccc7n8CC)s6)ccc4n5CC)s3)ccc21. The van der Waals surface area contributed by atoms with Crippen molar-refractivity contribution < 1.29 is 0 Å². The minimum Gasteiger partial charge on any atom is -0.341 e. The fourth-order valence-electron chi connectivity index (χ4n) is 10.4. The van der Waals surface area contributed by atoms with Crippen LogP contribution in [0.3, 0.4) is 0 Å². The molecule has 0 unspecified atom stereocenters. The van der Waals surface area contributed by atoms with Gasteiger partial charge in [0.2, 0.25) is 0 Å². The molecule has 314 valence electrons. The molecule has 0 spiro atoms. The lowest BCUT2D eigenvalue weighted by atomic mass is 10.0. The normalized spacial score (nSPS) is 12.1. The van der Waals surface area contributed by atoms with Crippen molar-refractivity contribution in [3.63, 3.8) is 0 Å². The van der Waals surface area contributed by atoms with Crippen LogP contribution in [0.2, 0.25) is 0 Å². The average molecular weight is 910 g/mol. The van der Waals surface area contributed by atoms with E-state index in [9.17, 15) is 0 Å². The molecule has 13 rings (SSSR count). The van der Waals surface area contributed by atoms with E-state index in [-0.39, 0.29) is 0 Å². The summed E-state index contributed by atoms with van der Waals surface area (Å²) in [5.41, 5.74) is 15.4. The monoisotopic (exact) mass is 909 g/mol. The fraction of sp³-hybridized carbons (Fsp3) is 0.103. The van der Waals surface area contributed by atoms with E-state index < -0.39 is 0 Å². The molecule has 0 radical (unpaired) electrons. The maximum Gasteiger partial charge on any atom is 0.0491 e. The second kappa shape index (κ2) is 15.3. The zero-order valence-electron chi connectivity index (χ0n) is 36.3. The highest BCUT2D eigenvalue weighted by molar-refractivity contribution is 7.19. The van der Waals surface area contributed by atoms with Crippen molar-refractivity contribution in [3.05, 3.63) is 168 Å². The number of nitrogens with zero attached hydrogens (tertiary/aromatic N) is 3. The van der Waals surface area contributed by atoms with Gasteiger partial charge in [0.25, 0.3) is 0 Å². The van der Waals surface area contributed by atoms with E-state index in [0.29, 0.717) is 0 Å². The summed E-state index contributed by atoms with van der Waals surface area (Å²) in [5, 5.41) is 12.2. The van der Waals surface area contributed by atoms with E-state index in [0.717, 1.165) is 19.6 Å². The Morgan fingerprint density at radius 2 is 0.538 bits per heavy atom. The van der Waals surface area contributed by atoms with E-state index in [1.165, 1.54) is 128 Å². The number of hydrogen-bond donors (Lipinski definition) is 0. The highest BCUT2D eigenvalue weighted by Crippen LogP contribution is 2.44. The Morgan fingerprint density at radius 3 is 0.754 bits per heavy atom. The Bertz CT molecular complexity index is 3700. The Morgan fingerprint density at radius 1 is 0.292 bits per heavy atom. The first-order valence-electron chi connectivity index (χ1n) is 22.5. The van der Waals surface area contributed by atoms with Crippen LogP contribution < -0.4 is 0 Å². The summed E-state index contributed by atoms with van der Waals surface area (Å²) in [5.74, 6) is 0. The molecular formula is C58H43N3S4. The van der Waals surface area contributed by atoms with Crippen molar-refractivity contribution in [1.82, 2.24) is 13.7 Å². The van der Waals surface area contributed by atoms with Gasteiger partial charge in [0.15, 0.2) is 0 Å². The van der Waals surface area contributed by atoms with Crippen molar-refractivity contribution in [2.45, 2.75) is 40.4 Å². The first-order chi connectivity index (χ1) is 32.0. The largest absolute Gasteiger partial charge is 0.341 e. The van der Waals surface area contributed by atoms with Gasteiger partial charge < -0.3 is 13.7 Å². The van der Waals surface area contributed by atoms with Crippen LogP contribution in [0.1, 0.15) is 20.8 Å². The van der Waals surface area contributed by atoms with Crippen LogP contribution in [0, 0.1) is 0 Å². The molecule has 0 bridgehead atoms. The summed E-state index contributed by atoms with van der Waals surface area (Å²) in [7, 11) is 0. The van der Waals surface area contributed by atoms with Crippen molar-refractivity contribution in [3.8, 4) is 62.6 Å². The Kier molecular flexibility index (Phi) is 9.18. The minimum absolute atomic E-state index is 0.919. The van der Waals surface area contributed by atoms with Gasteiger partial charge >= 0.3 is 0 Å². The molecule has 6 aromatic carbocycles. The summed E-state index contributed by atoms with van der Waals surface area (Å²) < 4.78 is 7.37. The molecule has 0 saturated heterocycles. The van der Waals surface area contributed by atoms with Crippen LogP contribution in [0.15, 0.2) is 168 Å². The molecule has 0 saturated carbocycles. The van der Waals surface area contributed by atoms with Crippen molar-refractivity contribution in [1.29, 1.82) is 0 Å². The topological polar surface area (TPSA) is 14.8 Å². The van der Waals surface area contributed by atoms with Gasteiger partial charge in [-0.2, -0.15) is 0 Å². The minimum atomic E-state index is 0.919. The summed E-state index contributed by atoms with van der Waals surface area (Å²) in [6, 6.07) is 60.2. The van der Waals surface area contributed by atoms with Gasteiger partial charge in [0, 0.05) is 114 Å². The number of aromatic nitrogens is 3. The Balaban J connectivity index is 0.851. The molecule has 0 amide bonds. The second-order valence-corrected chi connectivity index (χ2v) is 21.0. The first kappa shape index (κ1) is 38.9. The molecule has 13 aromatic rings. The van der Waals surface area contributed by atoms with Crippen LogP contribution in [-0.4, -0.2) is 13.7 Å². The van der Waals surface area contributed by atoms with Crippen molar-refractivity contribution >= 4 is 111 Å². The predicted molar refractivity (Wildman–Crippen MR) is 287 cm³/mol. The van der Waals surface area contributed by atoms with Gasteiger partial charge in [-0.1, -0.05) is 48.5 Å². The van der Waals surface area contributed by atoms with Crippen molar-refractivity contribution in [2.24, 2.45) is 0 Å². The van der Waals surface area contributed by atoms with Crippen LogP contribution >= 0.6 is 45.3 Å². The number of aryl methyl sites for hydroxylation is 3. The number of thiophene rings is 4. The van der Waals surface area contributed by atoms with Crippen LogP contribution in [-0.2, 0) is 19.6 Å². The number of hydrogen-bond acceptors (Lipinski definition) is 4. The molecule has 0 aliphatic carbocycles. The van der Waals surface area contributed by atoms with Gasteiger partial charge in [0.1, 0.15) is 0 Å². The van der Waals surface area contributed by atoms with E-state index in [2.05, 4.69) is 203 Å². The first-order valence-corrected chi connectivity index (χ1v) is 25.9. The quantitative estimate of drug-likeness (QED) is 0.137. The summed E-state index contributed by atoms with van der Waals surface area (Å²) >= 11 is 7.37. The van der Waals surface area contributed by atoms with E-state index >= 15 is 0 Å². The van der Waals surface area contributed by atoms with Crippen LogP contribution in [0.25, 0.3) is 128 Å². The second-order valence-electron chi connectivity index (χ2n) is 16.9. The maximum atomic E-state index is 2.47. The molecule has 0 aliphatic heterocycles. The molecule has 3 nitrogen and oxygen atoms in total. The third kappa shape index (κ3) is 6.17. The van der Waals surface area contributed by atoms with Crippen molar-refractivity contribution in [2.75, 3.05) is 0 Å². The zero-order chi connectivity index (χ0) is 43.3. The highest BCUT2D eigenvalue weighted by atomic mass is 32.1. The lowest BCUT2D eigenvalue weighted by Crippen LogP contribution is -1.92. The van der Waals surface area contributed by atoms with E-state index in [1.807, 2.05) is 22.7 Å². The van der Waals surface area contributed by atoms with Gasteiger partial charge in [-0.05, 0) is 174 Å². The van der Waals surface area contributed by atoms with Gasteiger partial charge in [-0.15, -0.1) is 45.3 Å². The molecule has 7 heterocycles. The number of fused-ring (bicyclic) bond motifs is 9. The summed E-state index contributed by atoms with van der Waals surface area (Å²) in [4.78, 5) is 7.78. The van der Waals surface area contributed by atoms with Gasteiger partial charge in [-0.3, -0.25) is 0 Å². The maximum absolute atomic E-state index is 2.47. The predicted octanol–water partition coefficient (Wildman–Crippen LogP) is 18.3. The molecule has 0 atom stereocenters. The Labute approximate surface area is 393 Å². The lowest BCUT2D eigenvalue weighted by Gasteiger charge is -2.04. The smallest absolute Gasteiger partial charge is 0.0491 e. The van der Waals surface area contributed by atoms with Crippen LogP contribution in [0.4, 0.5) is 0 Å². The zero-order valence-corrected chi connectivity index (χ0v) is 39.5. The number of rotatable bonds is 9. The summed E-state index contributed by atoms with van der Waals surface area (Å²) in [6.07, 6.45) is 0. The number of benzene rings is 6. The average Bonchev–Trinajstić information content (AvgIpc) is 4.22. The lowest BCUT2D eigenvalue weighted by molar-refractivity contribution is 0.827. The molecule has 0 N–H and O–H groups in total.